The maximum atomic E-state index is 13.8. The highest BCUT2D eigenvalue weighted by atomic mass is 19.4. The molecule has 112 valence electrons. The van der Waals surface area contributed by atoms with Crippen molar-refractivity contribution in [2.75, 3.05) is 0 Å². The highest BCUT2D eigenvalue weighted by Crippen LogP contribution is 2.32. The molecule has 2 aromatic carbocycles. The fourth-order valence-corrected chi connectivity index (χ4v) is 2.02. The zero-order valence-corrected chi connectivity index (χ0v) is 11.2. The second-order valence-corrected chi connectivity index (χ2v) is 4.63. The number of hydrogen-bond donors (Lipinski definition) is 0. The number of aryl methyl sites for hydroxylation is 2. The molecule has 2 rings (SSSR count). The molecule has 0 aliphatic carbocycles. The molecule has 21 heavy (non-hydrogen) atoms. The summed E-state index contributed by atoms with van der Waals surface area (Å²) in [5.74, 6) is -1.94. The molecule has 0 saturated heterocycles. The minimum absolute atomic E-state index is 0.129. The molecule has 0 bridgehead atoms. The Labute approximate surface area is 118 Å². The Bertz CT molecular complexity index is 653. The normalized spacial score (nSPS) is 11.6. The SMILES string of the molecule is Cc1cc(F)c(-c2ccc(OC(F)(F)F)c(C)c2)c(F)c1. The lowest BCUT2D eigenvalue weighted by atomic mass is 10.0. The third-order valence-corrected chi connectivity index (χ3v) is 2.88. The Kier molecular flexibility index (Phi) is 3.89. The third kappa shape index (κ3) is 3.51. The molecule has 1 nitrogen and oxygen atoms in total. The number of ether oxygens (including phenoxy) is 1. The molecular weight excluding hydrogens is 291 g/mol. The predicted molar refractivity (Wildman–Crippen MR) is 68.0 cm³/mol. The van der Waals surface area contributed by atoms with Crippen LogP contribution in [0.3, 0.4) is 0 Å². The molecule has 2 aromatic rings. The summed E-state index contributed by atoms with van der Waals surface area (Å²) in [6.45, 7) is 2.91. The highest BCUT2D eigenvalue weighted by Gasteiger charge is 2.31. The Morgan fingerprint density at radius 2 is 1.48 bits per heavy atom. The van der Waals surface area contributed by atoms with E-state index in [2.05, 4.69) is 4.74 Å². The summed E-state index contributed by atoms with van der Waals surface area (Å²) in [6.07, 6.45) is -4.81. The molecular formula is C15H11F5O. The summed E-state index contributed by atoms with van der Waals surface area (Å²) in [4.78, 5) is 0. The molecule has 0 aromatic heterocycles. The average Bonchev–Trinajstić information content (AvgIpc) is 2.29. The molecule has 0 spiro atoms. The van der Waals surface area contributed by atoms with Gasteiger partial charge in [-0.2, -0.15) is 0 Å². The van der Waals surface area contributed by atoms with Gasteiger partial charge >= 0.3 is 6.36 Å². The van der Waals surface area contributed by atoms with E-state index in [1.165, 1.54) is 19.1 Å². The first kappa shape index (κ1) is 15.3. The van der Waals surface area contributed by atoms with Crippen LogP contribution in [-0.2, 0) is 0 Å². The standard InChI is InChI=1S/C15H11F5O/c1-8-5-11(16)14(12(17)6-8)10-3-4-13(9(2)7-10)21-15(18,19)20/h3-7H,1-2H3. The van der Waals surface area contributed by atoms with Crippen LogP contribution in [0.5, 0.6) is 5.75 Å². The fourth-order valence-electron chi connectivity index (χ4n) is 2.02. The van der Waals surface area contributed by atoms with Gasteiger partial charge in [0.1, 0.15) is 17.4 Å². The first-order chi connectivity index (χ1) is 9.67. The highest BCUT2D eigenvalue weighted by molar-refractivity contribution is 5.67. The maximum Gasteiger partial charge on any atom is 0.573 e. The van der Waals surface area contributed by atoms with Crippen LogP contribution in [-0.4, -0.2) is 6.36 Å². The van der Waals surface area contributed by atoms with Crippen molar-refractivity contribution in [3.05, 3.63) is 53.1 Å². The smallest absolute Gasteiger partial charge is 0.406 e. The van der Waals surface area contributed by atoms with Crippen molar-refractivity contribution in [1.29, 1.82) is 0 Å². The lowest BCUT2D eigenvalue weighted by Crippen LogP contribution is -2.17. The van der Waals surface area contributed by atoms with Crippen molar-refractivity contribution in [1.82, 2.24) is 0 Å². The molecule has 0 fully saturated rings. The van der Waals surface area contributed by atoms with Crippen molar-refractivity contribution in [3.63, 3.8) is 0 Å². The molecule has 0 unspecified atom stereocenters. The number of rotatable bonds is 2. The van der Waals surface area contributed by atoms with Gasteiger partial charge in [-0.05, 0) is 54.8 Å². The molecule has 0 saturated carbocycles. The van der Waals surface area contributed by atoms with E-state index in [0.717, 1.165) is 18.2 Å². The molecule has 0 atom stereocenters. The lowest BCUT2D eigenvalue weighted by Gasteiger charge is -2.13. The Balaban J connectivity index is 2.46. The largest absolute Gasteiger partial charge is 0.573 e. The summed E-state index contributed by atoms with van der Waals surface area (Å²) in [5, 5.41) is 0. The van der Waals surface area contributed by atoms with Crippen LogP contribution in [0.1, 0.15) is 11.1 Å². The zero-order chi connectivity index (χ0) is 15.8. The van der Waals surface area contributed by atoms with Gasteiger partial charge in [-0.3, -0.25) is 0 Å². The van der Waals surface area contributed by atoms with Gasteiger partial charge in [0.25, 0.3) is 0 Å². The molecule has 0 heterocycles. The van der Waals surface area contributed by atoms with Crippen LogP contribution in [0.2, 0.25) is 0 Å². The fraction of sp³-hybridized carbons (Fsp3) is 0.200. The quantitative estimate of drug-likeness (QED) is 0.697. The van der Waals surface area contributed by atoms with Gasteiger partial charge in [0.2, 0.25) is 0 Å². The van der Waals surface area contributed by atoms with E-state index >= 15 is 0 Å². The molecule has 0 aliphatic heterocycles. The van der Waals surface area contributed by atoms with Gasteiger partial charge in [0.15, 0.2) is 0 Å². The number of halogens is 5. The van der Waals surface area contributed by atoms with Crippen LogP contribution in [0.25, 0.3) is 11.1 Å². The van der Waals surface area contributed by atoms with Crippen molar-refractivity contribution >= 4 is 0 Å². The van der Waals surface area contributed by atoms with Gasteiger partial charge in [-0.25, -0.2) is 8.78 Å². The van der Waals surface area contributed by atoms with Crippen molar-refractivity contribution in [2.45, 2.75) is 20.2 Å². The van der Waals surface area contributed by atoms with Crippen molar-refractivity contribution < 1.29 is 26.7 Å². The van der Waals surface area contributed by atoms with Crippen molar-refractivity contribution in [2.24, 2.45) is 0 Å². The Hall–Kier alpha value is -2.11. The van der Waals surface area contributed by atoms with E-state index in [9.17, 15) is 22.0 Å². The number of hydrogen-bond acceptors (Lipinski definition) is 1. The molecule has 0 amide bonds. The maximum absolute atomic E-state index is 13.8. The van der Waals surface area contributed by atoms with Gasteiger partial charge < -0.3 is 4.74 Å². The lowest BCUT2D eigenvalue weighted by molar-refractivity contribution is -0.274. The van der Waals surface area contributed by atoms with Crippen LogP contribution in [0.4, 0.5) is 22.0 Å². The number of benzene rings is 2. The van der Waals surface area contributed by atoms with Gasteiger partial charge in [0, 0.05) is 0 Å². The monoisotopic (exact) mass is 302 g/mol. The van der Waals surface area contributed by atoms with E-state index in [1.807, 2.05) is 0 Å². The van der Waals surface area contributed by atoms with E-state index < -0.39 is 23.7 Å². The second-order valence-electron chi connectivity index (χ2n) is 4.63. The summed E-state index contributed by atoms with van der Waals surface area (Å²) in [7, 11) is 0. The summed E-state index contributed by atoms with van der Waals surface area (Å²) >= 11 is 0. The molecule has 0 aliphatic rings. The second kappa shape index (κ2) is 5.35. The van der Waals surface area contributed by atoms with Gasteiger partial charge in [-0.1, -0.05) is 6.07 Å². The van der Waals surface area contributed by atoms with E-state index in [4.69, 9.17) is 0 Å². The molecule has 6 heteroatoms. The topological polar surface area (TPSA) is 9.23 Å². The van der Waals surface area contributed by atoms with E-state index in [-0.39, 0.29) is 16.7 Å². The summed E-state index contributed by atoms with van der Waals surface area (Å²) < 4.78 is 68.0. The van der Waals surface area contributed by atoms with Crippen LogP contribution < -0.4 is 4.74 Å². The Morgan fingerprint density at radius 1 is 0.905 bits per heavy atom. The van der Waals surface area contributed by atoms with Crippen molar-refractivity contribution in [3.8, 4) is 16.9 Å². The molecule has 0 radical (unpaired) electrons. The number of alkyl halides is 3. The van der Waals surface area contributed by atoms with Gasteiger partial charge in [0.05, 0.1) is 5.56 Å². The van der Waals surface area contributed by atoms with Crippen LogP contribution in [0, 0.1) is 25.5 Å². The Morgan fingerprint density at radius 3 is 1.95 bits per heavy atom. The van der Waals surface area contributed by atoms with Crippen LogP contribution in [0.15, 0.2) is 30.3 Å². The van der Waals surface area contributed by atoms with Gasteiger partial charge in [-0.15, -0.1) is 13.2 Å². The molecule has 0 N–H and O–H groups in total. The summed E-state index contributed by atoms with van der Waals surface area (Å²) in [6, 6.07) is 5.79. The van der Waals surface area contributed by atoms with Crippen LogP contribution >= 0.6 is 0 Å². The predicted octanol–water partition coefficient (Wildman–Crippen LogP) is 5.15. The summed E-state index contributed by atoms with van der Waals surface area (Å²) in [5.41, 5.74) is 0.422. The first-order valence-corrected chi connectivity index (χ1v) is 6.00. The minimum atomic E-state index is -4.81. The average molecular weight is 302 g/mol. The van der Waals surface area contributed by atoms with E-state index in [0.29, 0.717) is 5.56 Å². The zero-order valence-electron chi connectivity index (χ0n) is 11.2. The third-order valence-electron chi connectivity index (χ3n) is 2.88. The first-order valence-electron chi connectivity index (χ1n) is 6.00. The minimum Gasteiger partial charge on any atom is -0.406 e. The van der Waals surface area contributed by atoms with E-state index in [1.54, 1.807) is 6.92 Å².